The highest BCUT2D eigenvalue weighted by Crippen LogP contribution is 2.40. The van der Waals surface area contributed by atoms with Gasteiger partial charge in [-0.3, -0.25) is 9.59 Å². The number of fused-ring (bicyclic) bond motifs is 1. The van der Waals surface area contributed by atoms with Crippen molar-refractivity contribution in [2.75, 3.05) is 11.9 Å². The molecule has 5 nitrogen and oxygen atoms in total. The molecule has 0 saturated carbocycles. The first-order valence-electron chi connectivity index (χ1n) is 8.60. The summed E-state index contributed by atoms with van der Waals surface area (Å²) in [5.41, 5.74) is 7.04. The van der Waals surface area contributed by atoms with Gasteiger partial charge in [0.1, 0.15) is 10.8 Å². The fraction of sp³-hybridized carbons (Fsp3) is 0.368. The second-order valence-corrected chi connectivity index (χ2v) is 7.92. The Morgan fingerprint density at radius 2 is 2.08 bits per heavy atom. The van der Waals surface area contributed by atoms with Crippen LogP contribution in [0.25, 0.3) is 0 Å². The number of ether oxygens (including phenoxy) is 1. The average molecular weight is 393 g/mol. The van der Waals surface area contributed by atoms with Crippen LogP contribution in [0.15, 0.2) is 24.3 Å². The van der Waals surface area contributed by atoms with Crippen LogP contribution in [-0.4, -0.2) is 18.4 Å². The third-order valence-electron chi connectivity index (χ3n) is 4.63. The van der Waals surface area contributed by atoms with Gasteiger partial charge in [0.15, 0.2) is 6.61 Å². The molecule has 0 saturated heterocycles. The molecular formula is C19H21ClN2O3S. The van der Waals surface area contributed by atoms with Gasteiger partial charge in [0.25, 0.3) is 11.8 Å². The van der Waals surface area contributed by atoms with Crippen LogP contribution in [-0.2, 0) is 17.6 Å². The molecule has 0 bridgehead atoms. The van der Waals surface area contributed by atoms with Crippen LogP contribution in [0.3, 0.4) is 0 Å². The summed E-state index contributed by atoms with van der Waals surface area (Å²) in [5, 5.41) is 3.92. The third kappa shape index (κ3) is 4.19. The smallest absolute Gasteiger partial charge is 0.262 e. The zero-order valence-electron chi connectivity index (χ0n) is 14.5. The minimum atomic E-state index is -0.494. The fourth-order valence-electron chi connectivity index (χ4n) is 3.19. The van der Waals surface area contributed by atoms with Crippen molar-refractivity contribution in [1.82, 2.24) is 0 Å². The van der Waals surface area contributed by atoms with E-state index in [0.717, 1.165) is 36.1 Å². The Morgan fingerprint density at radius 3 is 2.73 bits per heavy atom. The van der Waals surface area contributed by atoms with Crippen molar-refractivity contribution in [1.29, 1.82) is 0 Å². The second-order valence-electron chi connectivity index (χ2n) is 6.38. The number of carbonyl (C=O) groups excluding carboxylic acids is 2. The van der Waals surface area contributed by atoms with Crippen molar-refractivity contribution in [2.24, 2.45) is 11.7 Å². The first kappa shape index (κ1) is 18.7. The van der Waals surface area contributed by atoms with E-state index in [-0.39, 0.29) is 12.5 Å². The molecule has 1 heterocycles. The Balaban J connectivity index is 1.70. The molecule has 1 aromatic heterocycles. The molecule has 7 heteroatoms. The van der Waals surface area contributed by atoms with Gasteiger partial charge in [0, 0.05) is 9.90 Å². The molecule has 26 heavy (non-hydrogen) atoms. The Labute approximate surface area is 161 Å². The number of rotatable bonds is 6. The Morgan fingerprint density at radius 1 is 1.35 bits per heavy atom. The number of nitrogens with two attached hydrogens (primary N) is 1. The molecule has 1 aliphatic rings. The number of anilines is 1. The lowest BCUT2D eigenvalue weighted by atomic mass is 9.85. The third-order valence-corrected chi connectivity index (χ3v) is 6.05. The number of nitrogens with one attached hydrogen (secondary N) is 1. The van der Waals surface area contributed by atoms with Gasteiger partial charge in [-0.05, 0) is 55.0 Å². The summed E-state index contributed by atoms with van der Waals surface area (Å²) in [5.74, 6) is 0.356. The lowest BCUT2D eigenvalue weighted by Gasteiger charge is -2.20. The van der Waals surface area contributed by atoms with E-state index in [9.17, 15) is 9.59 Å². The Kier molecular flexibility index (Phi) is 5.84. The van der Waals surface area contributed by atoms with Crippen molar-refractivity contribution < 1.29 is 14.3 Å². The van der Waals surface area contributed by atoms with Gasteiger partial charge in [-0.2, -0.15) is 0 Å². The lowest BCUT2D eigenvalue weighted by molar-refractivity contribution is -0.118. The van der Waals surface area contributed by atoms with Crippen LogP contribution in [0.2, 0.25) is 5.02 Å². The largest absolute Gasteiger partial charge is 0.484 e. The molecule has 1 aliphatic carbocycles. The van der Waals surface area contributed by atoms with Gasteiger partial charge in [-0.25, -0.2) is 0 Å². The minimum Gasteiger partial charge on any atom is -0.484 e. The molecule has 138 valence electrons. The molecular weight excluding hydrogens is 372 g/mol. The van der Waals surface area contributed by atoms with Crippen molar-refractivity contribution >= 4 is 39.8 Å². The number of hydrogen-bond donors (Lipinski definition) is 2. The lowest BCUT2D eigenvalue weighted by Crippen LogP contribution is -2.22. The van der Waals surface area contributed by atoms with Crippen molar-refractivity contribution in [3.63, 3.8) is 0 Å². The van der Waals surface area contributed by atoms with E-state index in [1.165, 1.54) is 11.3 Å². The van der Waals surface area contributed by atoms with Gasteiger partial charge < -0.3 is 15.8 Å². The zero-order valence-corrected chi connectivity index (χ0v) is 16.1. The van der Waals surface area contributed by atoms with Gasteiger partial charge in [-0.15, -0.1) is 11.3 Å². The number of hydrogen-bond acceptors (Lipinski definition) is 4. The quantitative estimate of drug-likeness (QED) is 0.778. The molecule has 2 aromatic rings. The topological polar surface area (TPSA) is 81.4 Å². The molecule has 3 rings (SSSR count). The number of benzene rings is 1. The van der Waals surface area contributed by atoms with E-state index in [1.807, 2.05) is 0 Å². The number of primary amides is 1. The maximum Gasteiger partial charge on any atom is 0.262 e. The normalized spacial score (nSPS) is 16.0. The van der Waals surface area contributed by atoms with E-state index < -0.39 is 5.91 Å². The van der Waals surface area contributed by atoms with E-state index in [1.54, 1.807) is 24.3 Å². The molecule has 1 aromatic carbocycles. The Bertz CT molecular complexity index is 817. The molecule has 1 unspecified atom stereocenters. The predicted octanol–water partition coefficient (Wildman–Crippen LogP) is 4.03. The molecule has 2 amide bonds. The van der Waals surface area contributed by atoms with Crippen LogP contribution in [0.4, 0.5) is 5.00 Å². The first-order valence-corrected chi connectivity index (χ1v) is 9.80. The van der Waals surface area contributed by atoms with E-state index in [2.05, 4.69) is 12.2 Å². The summed E-state index contributed by atoms with van der Waals surface area (Å²) in [6, 6.07) is 6.77. The van der Waals surface area contributed by atoms with Gasteiger partial charge in [0.2, 0.25) is 0 Å². The molecule has 3 N–H and O–H groups in total. The summed E-state index contributed by atoms with van der Waals surface area (Å²) in [6.07, 6.45) is 3.93. The van der Waals surface area contributed by atoms with Gasteiger partial charge >= 0.3 is 0 Å². The fourth-order valence-corrected chi connectivity index (χ4v) is 4.70. The SMILES string of the molecule is CCC1CCc2c(sc(NC(=O)COc3ccc(Cl)cc3)c2C(N)=O)C1. The van der Waals surface area contributed by atoms with Crippen LogP contribution >= 0.6 is 22.9 Å². The maximum atomic E-state index is 12.3. The number of carbonyl (C=O) groups is 2. The van der Waals surface area contributed by atoms with Crippen LogP contribution in [0, 0.1) is 5.92 Å². The number of amides is 2. The summed E-state index contributed by atoms with van der Waals surface area (Å²) < 4.78 is 5.45. The van der Waals surface area contributed by atoms with Gasteiger partial charge in [0.05, 0.1) is 5.56 Å². The summed E-state index contributed by atoms with van der Waals surface area (Å²) >= 11 is 7.28. The highest BCUT2D eigenvalue weighted by atomic mass is 35.5. The Hall–Kier alpha value is -2.05. The average Bonchev–Trinajstić information content (AvgIpc) is 2.98. The summed E-state index contributed by atoms with van der Waals surface area (Å²) in [4.78, 5) is 25.3. The minimum absolute atomic E-state index is 0.153. The maximum absolute atomic E-state index is 12.3. The zero-order chi connectivity index (χ0) is 18.7. The summed E-state index contributed by atoms with van der Waals surface area (Å²) in [6.45, 7) is 2.02. The molecule has 0 fully saturated rings. The van der Waals surface area contributed by atoms with Crippen LogP contribution in [0.5, 0.6) is 5.75 Å². The summed E-state index contributed by atoms with van der Waals surface area (Å²) in [7, 11) is 0. The van der Waals surface area contributed by atoms with Crippen molar-refractivity contribution in [2.45, 2.75) is 32.6 Å². The number of thiophene rings is 1. The van der Waals surface area contributed by atoms with Crippen molar-refractivity contribution in [3.05, 3.63) is 45.3 Å². The molecule has 1 atom stereocenters. The van der Waals surface area contributed by atoms with E-state index in [4.69, 9.17) is 22.1 Å². The van der Waals surface area contributed by atoms with E-state index in [0.29, 0.717) is 27.3 Å². The van der Waals surface area contributed by atoms with Crippen LogP contribution < -0.4 is 15.8 Å². The second kappa shape index (κ2) is 8.10. The van der Waals surface area contributed by atoms with Gasteiger partial charge in [-0.1, -0.05) is 24.9 Å². The predicted molar refractivity (Wildman–Crippen MR) is 104 cm³/mol. The van der Waals surface area contributed by atoms with Crippen LogP contribution in [0.1, 0.15) is 40.6 Å². The number of halogens is 1. The first-order chi connectivity index (χ1) is 12.5. The standard InChI is InChI=1S/C19H21ClN2O3S/c1-2-11-3-8-14-15(9-11)26-19(17(14)18(21)24)22-16(23)10-25-13-6-4-12(20)5-7-13/h4-7,11H,2-3,8-10H2,1H3,(H2,21,24)(H,22,23). The molecule has 0 radical (unpaired) electrons. The highest BCUT2D eigenvalue weighted by molar-refractivity contribution is 7.17. The van der Waals surface area contributed by atoms with E-state index >= 15 is 0 Å². The molecule has 0 aliphatic heterocycles. The molecule has 0 spiro atoms. The van der Waals surface area contributed by atoms with Crippen molar-refractivity contribution in [3.8, 4) is 5.75 Å². The highest BCUT2D eigenvalue weighted by Gasteiger charge is 2.28. The monoisotopic (exact) mass is 392 g/mol.